The van der Waals surface area contributed by atoms with Crippen molar-refractivity contribution < 1.29 is 17.9 Å². The van der Waals surface area contributed by atoms with Gasteiger partial charge in [0.05, 0.1) is 11.7 Å². The van der Waals surface area contributed by atoms with Crippen LogP contribution in [0.1, 0.15) is 18.4 Å². The molecule has 0 saturated carbocycles. The number of hydrogen-bond acceptors (Lipinski definition) is 4. The number of esters is 1. The quantitative estimate of drug-likeness (QED) is 0.796. The van der Waals surface area contributed by atoms with Crippen molar-refractivity contribution in [3.05, 3.63) is 48.0 Å². The Morgan fingerprint density at radius 1 is 1.14 bits per heavy atom. The summed E-state index contributed by atoms with van der Waals surface area (Å²) in [5.74, 6) is -0.980. The van der Waals surface area contributed by atoms with E-state index in [1.54, 1.807) is 6.92 Å². The fourth-order valence-electron chi connectivity index (χ4n) is 2.03. The van der Waals surface area contributed by atoms with Crippen LogP contribution in [-0.4, -0.2) is 33.0 Å². The van der Waals surface area contributed by atoms with E-state index in [9.17, 15) is 13.2 Å². The Morgan fingerprint density at radius 2 is 1.81 bits per heavy atom. The predicted molar refractivity (Wildman–Crippen MR) is 83.0 cm³/mol. The van der Waals surface area contributed by atoms with E-state index in [2.05, 4.69) is 0 Å². The van der Waals surface area contributed by atoms with Crippen LogP contribution in [0, 0.1) is 0 Å². The van der Waals surface area contributed by atoms with Crippen LogP contribution in [0.25, 0.3) is 10.8 Å². The molecule has 0 N–H and O–H groups in total. The average Bonchev–Trinajstić information content (AvgIpc) is 2.44. The highest BCUT2D eigenvalue weighted by molar-refractivity contribution is 7.90. The molecule has 2 aromatic carbocycles. The highest BCUT2D eigenvalue weighted by atomic mass is 32.2. The van der Waals surface area contributed by atoms with Gasteiger partial charge in [-0.1, -0.05) is 42.5 Å². The highest BCUT2D eigenvalue weighted by Crippen LogP contribution is 2.22. The first-order valence-corrected chi connectivity index (χ1v) is 8.76. The number of carbonyl (C=O) groups is 1. The van der Waals surface area contributed by atoms with E-state index in [4.69, 9.17) is 4.74 Å². The molecule has 0 spiro atoms. The van der Waals surface area contributed by atoms with Crippen molar-refractivity contribution in [2.24, 2.45) is 0 Å². The van der Waals surface area contributed by atoms with Crippen molar-refractivity contribution in [2.45, 2.75) is 12.8 Å². The van der Waals surface area contributed by atoms with Gasteiger partial charge in [-0.15, -0.1) is 0 Å². The van der Waals surface area contributed by atoms with Crippen LogP contribution in [0.3, 0.4) is 0 Å². The first-order chi connectivity index (χ1) is 9.87. The van der Waals surface area contributed by atoms with Crippen LogP contribution >= 0.6 is 0 Å². The van der Waals surface area contributed by atoms with E-state index < -0.39 is 21.7 Å². The summed E-state index contributed by atoms with van der Waals surface area (Å²) in [5.41, 5.74) is 0.859. The van der Waals surface area contributed by atoms with Gasteiger partial charge in [0.2, 0.25) is 0 Å². The number of hydrogen-bond donors (Lipinski definition) is 0. The van der Waals surface area contributed by atoms with Gasteiger partial charge < -0.3 is 4.74 Å². The van der Waals surface area contributed by atoms with Gasteiger partial charge in [-0.3, -0.25) is 4.79 Å². The normalized spacial score (nSPS) is 13.0. The zero-order valence-corrected chi connectivity index (χ0v) is 12.9. The van der Waals surface area contributed by atoms with Crippen molar-refractivity contribution in [1.82, 2.24) is 0 Å². The van der Waals surface area contributed by atoms with Gasteiger partial charge in [0.25, 0.3) is 0 Å². The summed E-state index contributed by atoms with van der Waals surface area (Å²) in [6.07, 6.45) is 1.12. The van der Waals surface area contributed by atoms with E-state index in [1.165, 1.54) is 0 Å². The van der Waals surface area contributed by atoms with Gasteiger partial charge in [-0.25, -0.2) is 8.42 Å². The molecule has 0 aliphatic rings. The molecule has 0 aromatic heterocycles. The molecule has 1 atom stereocenters. The Kier molecular flexibility index (Phi) is 4.63. The third-order valence-corrected chi connectivity index (χ3v) is 4.23. The molecule has 2 aromatic rings. The molecule has 0 saturated heterocycles. The van der Waals surface area contributed by atoms with Crippen LogP contribution < -0.4 is 0 Å². The summed E-state index contributed by atoms with van der Waals surface area (Å²) in [6.45, 7) is 1.66. The SMILES string of the molecule is C[C@H](C(=O)OCCS(C)(=O)=O)c1ccc2ccccc2c1. The van der Waals surface area contributed by atoms with Crippen molar-refractivity contribution in [1.29, 1.82) is 0 Å². The zero-order chi connectivity index (χ0) is 15.5. The van der Waals surface area contributed by atoms with Crippen LogP contribution in [0.15, 0.2) is 42.5 Å². The predicted octanol–water partition coefficient (Wildman–Crippen LogP) is 2.53. The number of benzene rings is 2. The highest BCUT2D eigenvalue weighted by Gasteiger charge is 2.17. The second kappa shape index (κ2) is 6.26. The largest absolute Gasteiger partial charge is 0.464 e. The topological polar surface area (TPSA) is 60.4 Å². The van der Waals surface area contributed by atoms with Crippen molar-refractivity contribution >= 4 is 26.6 Å². The van der Waals surface area contributed by atoms with Gasteiger partial charge in [0, 0.05) is 6.26 Å². The molecule has 5 heteroatoms. The number of carbonyl (C=O) groups excluding carboxylic acids is 1. The first kappa shape index (κ1) is 15.5. The number of sulfone groups is 1. The molecule has 0 amide bonds. The van der Waals surface area contributed by atoms with Crippen LogP contribution in [0.5, 0.6) is 0 Å². The molecule has 0 aliphatic heterocycles. The lowest BCUT2D eigenvalue weighted by Gasteiger charge is -2.12. The third kappa shape index (κ3) is 4.29. The molecule has 21 heavy (non-hydrogen) atoms. The molecule has 2 rings (SSSR count). The van der Waals surface area contributed by atoms with E-state index in [-0.39, 0.29) is 12.4 Å². The Balaban J connectivity index is 2.06. The maximum Gasteiger partial charge on any atom is 0.313 e. The molecular weight excluding hydrogens is 288 g/mol. The summed E-state index contributed by atoms with van der Waals surface area (Å²) in [4.78, 5) is 11.9. The lowest BCUT2D eigenvalue weighted by atomic mass is 9.98. The van der Waals surface area contributed by atoms with Crippen LogP contribution in [0.4, 0.5) is 0 Å². The Hall–Kier alpha value is -1.88. The molecular formula is C16H18O4S. The second-order valence-electron chi connectivity index (χ2n) is 5.13. The standard InChI is InChI=1S/C16H18O4S/c1-12(16(17)20-9-10-21(2,18)19)14-8-7-13-5-3-4-6-15(13)11-14/h3-8,11-12H,9-10H2,1-2H3/t12-/m0/s1. The van der Waals surface area contributed by atoms with Gasteiger partial charge in [-0.05, 0) is 23.3 Å². The first-order valence-electron chi connectivity index (χ1n) is 6.70. The van der Waals surface area contributed by atoms with Crippen molar-refractivity contribution in [3.63, 3.8) is 0 Å². The molecule has 0 radical (unpaired) electrons. The van der Waals surface area contributed by atoms with Crippen LogP contribution in [-0.2, 0) is 19.4 Å². The molecule has 4 nitrogen and oxygen atoms in total. The maximum absolute atomic E-state index is 11.9. The van der Waals surface area contributed by atoms with E-state index in [0.717, 1.165) is 22.6 Å². The van der Waals surface area contributed by atoms with Gasteiger partial charge in [-0.2, -0.15) is 0 Å². The van der Waals surface area contributed by atoms with E-state index in [0.29, 0.717) is 0 Å². The summed E-state index contributed by atoms with van der Waals surface area (Å²) in [6, 6.07) is 13.7. The molecule has 0 aliphatic carbocycles. The fraction of sp³-hybridized carbons (Fsp3) is 0.312. The average molecular weight is 306 g/mol. The van der Waals surface area contributed by atoms with Gasteiger partial charge in [0.15, 0.2) is 9.84 Å². The minimum atomic E-state index is -3.12. The number of ether oxygens (including phenoxy) is 1. The minimum absolute atomic E-state index is 0.102. The number of fused-ring (bicyclic) bond motifs is 1. The smallest absolute Gasteiger partial charge is 0.313 e. The van der Waals surface area contributed by atoms with Crippen molar-refractivity contribution in [2.75, 3.05) is 18.6 Å². The van der Waals surface area contributed by atoms with Gasteiger partial charge >= 0.3 is 5.97 Å². The monoisotopic (exact) mass is 306 g/mol. The summed E-state index contributed by atoms with van der Waals surface area (Å²) in [7, 11) is -3.12. The summed E-state index contributed by atoms with van der Waals surface area (Å²) in [5, 5.41) is 2.17. The van der Waals surface area contributed by atoms with E-state index >= 15 is 0 Å². The lowest BCUT2D eigenvalue weighted by molar-refractivity contribution is -0.144. The molecule has 0 heterocycles. The number of rotatable bonds is 5. The van der Waals surface area contributed by atoms with Crippen LogP contribution in [0.2, 0.25) is 0 Å². The molecule has 0 unspecified atom stereocenters. The fourth-order valence-corrected chi connectivity index (χ4v) is 2.42. The van der Waals surface area contributed by atoms with Gasteiger partial charge in [0.1, 0.15) is 6.61 Å². The van der Waals surface area contributed by atoms with E-state index in [1.807, 2.05) is 42.5 Å². The molecule has 112 valence electrons. The minimum Gasteiger partial charge on any atom is -0.464 e. The summed E-state index contributed by atoms with van der Waals surface area (Å²) < 4.78 is 27.0. The van der Waals surface area contributed by atoms with Crippen molar-refractivity contribution in [3.8, 4) is 0 Å². The molecule has 0 fully saturated rings. The zero-order valence-electron chi connectivity index (χ0n) is 12.1. The Bertz CT molecular complexity index is 750. The summed E-state index contributed by atoms with van der Waals surface area (Å²) >= 11 is 0. The second-order valence-corrected chi connectivity index (χ2v) is 7.39. The third-order valence-electron chi connectivity index (χ3n) is 3.33. The Labute approximate surface area is 124 Å². The molecule has 0 bridgehead atoms. The lowest BCUT2D eigenvalue weighted by Crippen LogP contribution is -2.18. The maximum atomic E-state index is 11.9. The Morgan fingerprint density at radius 3 is 2.48 bits per heavy atom.